The van der Waals surface area contributed by atoms with Gasteiger partial charge in [0.1, 0.15) is 0 Å². The lowest BCUT2D eigenvalue weighted by Crippen LogP contribution is -2.40. The van der Waals surface area contributed by atoms with E-state index in [9.17, 15) is 5.11 Å². The van der Waals surface area contributed by atoms with E-state index in [0.29, 0.717) is 6.54 Å². The molecule has 0 amide bonds. The van der Waals surface area contributed by atoms with Crippen LogP contribution in [0, 0.1) is 17.8 Å². The van der Waals surface area contributed by atoms with Crippen LogP contribution >= 0.6 is 24.0 Å². The maximum Gasteiger partial charge on any atom is 0.191 e. The number of aliphatic hydroxyl groups excluding tert-OH is 1. The van der Waals surface area contributed by atoms with E-state index in [1.807, 2.05) is 18.2 Å². The third-order valence-electron chi connectivity index (χ3n) is 5.27. The standard InChI is InChI=1S/C20H31N3O.HI/c1-2-21-20(23-13-19(16-8-9-16)17-10-11-17)22-12-18(14-24)15-6-4-3-5-7-15;/h3-7,16-19,24H,2,8-14H2,1H3,(H2,21,22,23);1H. The summed E-state index contributed by atoms with van der Waals surface area (Å²) < 4.78 is 0. The number of aliphatic imine (C=N–C) groups is 1. The highest BCUT2D eigenvalue weighted by atomic mass is 127. The van der Waals surface area contributed by atoms with Gasteiger partial charge < -0.3 is 15.7 Å². The van der Waals surface area contributed by atoms with Crippen molar-refractivity contribution in [2.24, 2.45) is 22.7 Å². The van der Waals surface area contributed by atoms with Gasteiger partial charge in [-0.1, -0.05) is 30.3 Å². The summed E-state index contributed by atoms with van der Waals surface area (Å²) in [5.41, 5.74) is 1.16. The first-order chi connectivity index (χ1) is 11.8. The lowest BCUT2D eigenvalue weighted by atomic mass is 9.98. The van der Waals surface area contributed by atoms with Crippen LogP contribution in [0.4, 0.5) is 0 Å². The van der Waals surface area contributed by atoms with Crippen molar-refractivity contribution in [2.75, 3.05) is 26.2 Å². The molecule has 2 aliphatic rings. The lowest BCUT2D eigenvalue weighted by molar-refractivity contribution is 0.265. The van der Waals surface area contributed by atoms with Crippen LogP contribution in [-0.2, 0) is 0 Å². The Hall–Kier alpha value is -0.820. The molecule has 0 saturated heterocycles. The number of rotatable bonds is 9. The van der Waals surface area contributed by atoms with Gasteiger partial charge in [0.15, 0.2) is 5.96 Å². The molecule has 140 valence electrons. The minimum absolute atomic E-state index is 0. The average Bonchev–Trinajstić information content (AvgIpc) is 3.50. The topological polar surface area (TPSA) is 56.7 Å². The van der Waals surface area contributed by atoms with Crippen molar-refractivity contribution >= 4 is 29.9 Å². The van der Waals surface area contributed by atoms with Crippen LogP contribution in [0.3, 0.4) is 0 Å². The van der Waals surface area contributed by atoms with Gasteiger partial charge in [-0.3, -0.25) is 4.99 Å². The molecule has 1 aromatic carbocycles. The highest BCUT2D eigenvalue weighted by molar-refractivity contribution is 14.0. The monoisotopic (exact) mass is 457 g/mol. The molecule has 2 fully saturated rings. The number of hydrogen-bond donors (Lipinski definition) is 3. The summed E-state index contributed by atoms with van der Waals surface area (Å²) >= 11 is 0. The van der Waals surface area contributed by atoms with Gasteiger partial charge >= 0.3 is 0 Å². The number of benzene rings is 1. The summed E-state index contributed by atoms with van der Waals surface area (Å²) in [4.78, 5) is 4.85. The Morgan fingerprint density at radius 2 is 1.76 bits per heavy atom. The lowest BCUT2D eigenvalue weighted by Gasteiger charge is -2.19. The zero-order chi connectivity index (χ0) is 16.8. The molecule has 1 atom stereocenters. The summed E-state index contributed by atoms with van der Waals surface area (Å²) in [5, 5.41) is 16.5. The van der Waals surface area contributed by atoms with Crippen molar-refractivity contribution < 1.29 is 5.11 Å². The quantitative estimate of drug-likeness (QED) is 0.303. The zero-order valence-corrected chi connectivity index (χ0v) is 17.5. The molecule has 25 heavy (non-hydrogen) atoms. The maximum atomic E-state index is 9.70. The fraction of sp³-hybridized carbons (Fsp3) is 0.650. The zero-order valence-electron chi connectivity index (χ0n) is 15.2. The van der Waals surface area contributed by atoms with Gasteiger partial charge in [0.25, 0.3) is 0 Å². The number of halogens is 1. The molecule has 0 spiro atoms. The summed E-state index contributed by atoms with van der Waals surface area (Å²) in [6, 6.07) is 10.2. The van der Waals surface area contributed by atoms with Gasteiger partial charge in [-0.05, 0) is 55.9 Å². The Bertz CT molecular complexity index is 517. The molecule has 4 nitrogen and oxygen atoms in total. The summed E-state index contributed by atoms with van der Waals surface area (Å²) in [6.45, 7) is 4.74. The van der Waals surface area contributed by atoms with Crippen molar-refractivity contribution in [3.05, 3.63) is 35.9 Å². The summed E-state index contributed by atoms with van der Waals surface area (Å²) in [6.07, 6.45) is 5.62. The largest absolute Gasteiger partial charge is 0.396 e. The van der Waals surface area contributed by atoms with Gasteiger partial charge in [0.2, 0.25) is 0 Å². The molecule has 0 radical (unpaired) electrons. The van der Waals surface area contributed by atoms with Crippen molar-refractivity contribution in [1.82, 2.24) is 10.6 Å². The molecule has 5 heteroatoms. The third kappa shape index (κ3) is 6.44. The van der Waals surface area contributed by atoms with Gasteiger partial charge in [-0.15, -0.1) is 24.0 Å². The number of aliphatic hydroxyl groups is 1. The molecular weight excluding hydrogens is 425 g/mol. The van der Waals surface area contributed by atoms with E-state index in [1.54, 1.807) is 0 Å². The van der Waals surface area contributed by atoms with E-state index < -0.39 is 0 Å². The van der Waals surface area contributed by atoms with E-state index in [-0.39, 0.29) is 36.5 Å². The van der Waals surface area contributed by atoms with E-state index in [0.717, 1.165) is 42.4 Å². The Morgan fingerprint density at radius 3 is 2.28 bits per heavy atom. The Kier molecular flexibility index (Phi) is 8.49. The Morgan fingerprint density at radius 1 is 1.12 bits per heavy atom. The predicted molar refractivity (Wildman–Crippen MR) is 115 cm³/mol. The highest BCUT2D eigenvalue weighted by Crippen LogP contribution is 2.49. The first kappa shape index (κ1) is 20.5. The van der Waals surface area contributed by atoms with E-state index in [1.165, 1.54) is 25.7 Å². The Balaban J connectivity index is 0.00000225. The molecule has 3 N–H and O–H groups in total. The van der Waals surface area contributed by atoms with E-state index in [2.05, 4.69) is 29.7 Å². The molecule has 2 aliphatic carbocycles. The third-order valence-corrected chi connectivity index (χ3v) is 5.27. The molecule has 0 aliphatic heterocycles. The maximum absolute atomic E-state index is 9.70. The minimum Gasteiger partial charge on any atom is -0.396 e. The summed E-state index contributed by atoms with van der Waals surface area (Å²) in [5.74, 6) is 3.64. The van der Waals surface area contributed by atoms with Gasteiger partial charge in [0, 0.05) is 25.6 Å². The molecule has 2 saturated carbocycles. The van der Waals surface area contributed by atoms with Crippen LogP contribution in [0.1, 0.15) is 44.1 Å². The van der Waals surface area contributed by atoms with Gasteiger partial charge in [0.05, 0.1) is 6.61 Å². The average molecular weight is 457 g/mol. The predicted octanol–water partition coefficient (Wildman–Crippen LogP) is 3.37. The van der Waals surface area contributed by atoms with Crippen molar-refractivity contribution in [2.45, 2.75) is 38.5 Å². The van der Waals surface area contributed by atoms with Crippen LogP contribution in [0.5, 0.6) is 0 Å². The van der Waals surface area contributed by atoms with Gasteiger partial charge in [-0.25, -0.2) is 0 Å². The van der Waals surface area contributed by atoms with Crippen molar-refractivity contribution in [3.63, 3.8) is 0 Å². The SMILES string of the molecule is CCNC(=NCC(C1CC1)C1CC1)NCC(CO)c1ccccc1.I. The molecule has 0 bridgehead atoms. The second-order valence-corrected chi connectivity index (χ2v) is 7.23. The van der Waals surface area contributed by atoms with Crippen molar-refractivity contribution in [3.8, 4) is 0 Å². The summed E-state index contributed by atoms with van der Waals surface area (Å²) in [7, 11) is 0. The normalized spacial score (nSPS) is 18.6. The second-order valence-electron chi connectivity index (χ2n) is 7.23. The van der Waals surface area contributed by atoms with Crippen LogP contribution in [-0.4, -0.2) is 37.3 Å². The molecule has 0 heterocycles. The van der Waals surface area contributed by atoms with Crippen molar-refractivity contribution in [1.29, 1.82) is 0 Å². The molecule has 1 unspecified atom stereocenters. The molecule has 0 aromatic heterocycles. The number of hydrogen-bond acceptors (Lipinski definition) is 2. The Labute approximate surface area is 168 Å². The smallest absolute Gasteiger partial charge is 0.191 e. The number of guanidine groups is 1. The van der Waals surface area contributed by atoms with E-state index in [4.69, 9.17) is 4.99 Å². The van der Waals surface area contributed by atoms with E-state index >= 15 is 0 Å². The fourth-order valence-corrected chi connectivity index (χ4v) is 3.50. The van der Waals surface area contributed by atoms with Crippen LogP contribution < -0.4 is 10.6 Å². The molecular formula is C20H32IN3O. The number of nitrogens with one attached hydrogen (secondary N) is 2. The highest BCUT2D eigenvalue weighted by Gasteiger charge is 2.41. The van der Waals surface area contributed by atoms with Crippen LogP contribution in [0.25, 0.3) is 0 Å². The minimum atomic E-state index is 0. The van der Waals surface area contributed by atoms with Crippen LogP contribution in [0.15, 0.2) is 35.3 Å². The van der Waals surface area contributed by atoms with Crippen LogP contribution in [0.2, 0.25) is 0 Å². The number of nitrogens with zero attached hydrogens (tertiary/aromatic N) is 1. The first-order valence-electron chi connectivity index (χ1n) is 9.49. The second kappa shape index (κ2) is 10.4. The molecule has 1 aromatic rings. The van der Waals surface area contributed by atoms with Gasteiger partial charge in [-0.2, -0.15) is 0 Å². The first-order valence-corrected chi connectivity index (χ1v) is 9.49. The fourth-order valence-electron chi connectivity index (χ4n) is 3.50. The molecule has 3 rings (SSSR count).